The third kappa shape index (κ3) is 3.96. The van der Waals surface area contributed by atoms with Crippen molar-refractivity contribution in [2.24, 2.45) is 5.73 Å². The molecule has 0 aliphatic heterocycles. The van der Waals surface area contributed by atoms with E-state index < -0.39 is 19.1 Å². The number of nitrogens with zero attached hydrogens (tertiary/aromatic N) is 1. The molecule has 0 unspecified atom stereocenters. The lowest BCUT2D eigenvalue weighted by Crippen LogP contribution is -2.24. The van der Waals surface area contributed by atoms with Gasteiger partial charge in [-0.25, -0.2) is 9.37 Å². The summed E-state index contributed by atoms with van der Waals surface area (Å²) >= 11 is 7.75. The molecule has 0 spiro atoms. The Morgan fingerprint density at radius 1 is 1.60 bits per heavy atom. The highest BCUT2D eigenvalue weighted by molar-refractivity contribution is 7.09. The summed E-state index contributed by atoms with van der Waals surface area (Å²) in [5.74, 6) is 5.36. The Kier molecular flexibility index (Phi) is 4.79. The van der Waals surface area contributed by atoms with Gasteiger partial charge in [-0.15, -0.1) is 17.3 Å². The molecule has 130 valence electrons. The standard InChI is InChI=1S/C18H17ClFN3OS/c1-2-4-13-15(7-11(21)9-20)24-18-14(8-16(19)23-17(13)18)22-10-12-5-3-6-25-12/h3,5-6,8,11H,7,9-10,21H2,1H3,(H,22,23)/t11-/m1/s1/i7D2. The molecule has 0 aliphatic carbocycles. The minimum Gasteiger partial charge on any atom is -0.456 e. The van der Waals surface area contributed by atoms with Gasteiger partial charge < -0.3 is 15.5 Å². The predicted octanol–water partition coefficient (Wildman–Crippen LogP) is 4.37. The smallest absolute Gasteiger partial charge is 0.177 e. The third-order valence-electron chi connectivity index (χ3n) is 3.38. The van der Waals surface area contributed by atoms with Gasteiger partial charge in [0.2, 0.25) is 0 Å². The molecule has 3 heterocycles. The fraction of sp³-hybridized carbons (Fsp3) is 0.278. The van der Waals surface area contributed by atoms with Gasteiger partial charge in [0.25, 0.3) is 0 Å². The number of hydrogen-bond donors (Lipinski definition) is 2. The van der Waals surface area contributed by atoms with E-state index in [1.54, 1.807) is 24.3 Å². The molecule has 4 nitrogen and oxygen atoms in total. The number of hydrogen-bond acceptors (Lipinski definition) is 5. The Hall–Kier alpha value is -2.07. The number of alkyl halides is 1. The Balaban J connectivity index is 2.15. The van der Waals surface area contributed by atoms with Crippen LogP contribution >= 0.6 is 22.9 Å². The van der Waals surface area contributed by atoms with Crippen LogP contribution < -0.4 is 11.1 Å². The van der Waals surface area contributed by atoms with Crippen LogP contribution in [0.15, 0.2) is 28.0 Å². The molecule has 3 N–H and O–H groups in total. The van der Waals surface area contributed by atoms with Gasteiger partial charge in [0.15, 0.2) is 5.58 Å². The van der Waals surface area contributed by atoms with Crippen LogP contribution in [0.2, 0.25) is 5.15 Å². The van der Waals surface area contributed by atoms with Crippen LogP contribution in [0.25, 0.3) is 11.1 Å². The molecule has 0 saturated heterocycles. The number of aromatic nitrogens is 1. The number of nitrogens with two attached hydrogens (primary N) is 1. The first-order valence-electron chi connectivity index (χ1n) is 8.52. The first-order valence-corrected chi connectivity index (χ1v) is 8.78. The predicted molar refractivity (Wildman–Crippen MR) is 101 cm³/mol. The number of furan rings is 1. The van der Waals surface area contributed by atoms with E-state index in [0.29, 0.717) is 23.3 Å². The van der Waals surface area contributed by atoms with Crippen LogP contribution in [0.4, 0.5) is 10.1 Å². The molecule has 0 aromatic carbocycles. The van der Waals surface area contributed by atoms with E-state index in [0.717, 1.165) is 4.88 Å². The maximum atomic E-state index is 13.1. The summed E-state index contributed by atoms with van der Waals surface area (Å²) in [7, 11) is 0. The molecule has 0 bridgehead atoms. The lowest BCUT2D eigenvalue weighted by atomic mass is 10.1. The summed E-state index contributed by atoms with van der Waals surface area (Å²) in [5.41, 5.74) is 7.04. The lowest BCUT2D eigenvalue weighted by molar-refractivity contribution is 0.406. The van der Waals surface area contributed by atoms with Crippen molar-refractivity contribution in [2.75, 3.05) is 12.0 Å². The average Bonchev–Trinajstić information content (AvgIpc) is 3.28. The number of pyridine rings is 1. The monoisotopic (exact) mass is 379 g/mol. The second kappa shape index (κ2) is 7.87. The van der Waals surface area contributed by atoms with Crippen LogP contribution in [-0.2, 0) is 12.9 Å². The van der Waals surface area contributed by atoms with Gasteiger partial charge >= 0.3 is 0 Å². The van der Waals surface area contributed by atoms with E-state index in [1.807, 2.05) is 17.5 Å². The Morgan fingerprint density at radius 2 is 2.44 bits per heavy atom. The SMILES string of the molecule is [2H]C([2H])(c1oc2c(NCc3cccs3)cc(Cl)nc2c1C#CC)[C@@H](N)CF. The van der Waals surface area contributed by atoms with Gasteiger partial charge in [0, 0.05) is 32.6 Å². The zero-order valence-electron chi connectivity index (χ0n) is 15.4. The summed E-state index contributed by atoms with van der Waals surface area (Å²) in [4.78, 5) is 5.35. The van der Waals surface area contributed by atoms with Crippen molar-refractivity contribution in [1.29, 1.82) is 0 Å². The van der Waals surface area contributed by atoms with E-state index in [-0.39, 0.29) is 16.5 Å². The largest absolute Gasteiger partial charge is 0.456 e. The molecule has 0 saturated carbocycles. The minimum atomic E-state index is -2.26. The molecule has 0 radical (unpaired) electrons. The van der Waals surface area contributed by atoms with Gasteiger partial charge in [-0.3, -0.25) is 0 Å². The van der Waals surface area contributed by atoms with Crippen molar-refractivity contribution in [3.05, 3.63) is 44.9 Å². The highest BCUT2D eigenvalue weighted by atomic mass is 35.5. The van der Waals surface area contributed by atoms with Crippen LogP contribution in [0.1, 0.15) is 25.9 Å². The zero-order chi connectivity index (χ0) is 19.6. The number of fused-ring (bicyclic) bond motifs is 1. The molecule has 0 amide bonds. The van der Waals surface area contributed by atoms with Crippen LogP contribution in [-0.4, -0.2) is 17.7 Å². The molecule has 25 heavy (non-hydrogen) atoms. The summed E-state index contributed by atoms with van der Waals surface area (Å²) in [5, 5.41) is 5.40. The van der Waals surface area contributed by atoms with Gasteiger partial charge in [0.05, 0.1) is 11.3 Å². The van der Waals surface area contributed by atoms with Gasteiger partial charge in [0.1, 0.15) is 23.1 Å². The van der Waals surface area contributed by atoms with E-state index in [2.05, 4.69) is 22.1 Å². The molecule has 3 aromatic rings. The van der Waals surface area contributed by atoms with Crippen molar-refractivity contribution in [3.63, 3.8) is 0 Å². The van der Waals surface area contributed by atoms with Crippen molar-refractivity contribution >= 4 is 39.7 Å². The molecule has 0 aliphatic rings. The molecular weight excluding hydrogens is 361 g/mol. The first-order chi connectivity index (χ1) is 12.9. The lowest BCUT2D eigenvalue weighted by Gasteiger charge is -2.06. The van der Waals surface area contributed by atoms with E-state index in [1.165, 1.54) is 0 Å². The Bertz CT molecular complexity index is 1010. The fourth-order valence-corrected chi connectivity index (χ4v) is 3.15. The molecule has 3 aromatic heterocycles. The van der Waals surface area contributed by atoms with Gasteiger partial charge in [-0.05, 0) is 18.4 Å². The fourth-order valence-electron chi connectivity index (χ4n) is 2.31. The molecule has 0 fully saturated rings. The van der Waals surface area contributed by atoms with Crippen LogP contribution in [0, 0.1) is 11.8 Å². The van der Waals surface area contributed by atoms with E-state index in [9.17, 15) is 4.39 Å². The number of rotatable bonds is 6. The number of nitrogens with one attached hydrogen (secondary N) is 1. The van der Waals surface area contributed by atoms with Crippen molar-refractivity contribution in [3.8, 4) is 11.8 Å². The highest BCUT2D eigenvalue weighted by Crippen LogP contribution is 2.33. The number of thiophene rings is 1. The van der Waals surface area contributed by atoms with Crippen molar-refractivity contribution in [1.82, 2.24) is 4.98 Å². The van der Waals surface area contributed by atoms with Gasteiger partial charge in [-0.1, -0.05) is 23.6 Å². The average molecular weight is 380 g/mol. The van der Waals surface area contributed by atoms with Crippen molar-refractivity contribution < 1.29 is 11.5 Å². The second-order valence-electron chi connectivity index (χ2n) is 5.19. The van der Waals surface area contributed by atoms with Crippen molar-refractivity contribution in [2.45, 2.75) is 25.9 Å². The summed E-state index contributed by atoms with van der Waals surface area (Å²) in [6.45, 7) is 1.10. The molecule has 3 rings (SSSR count). The maximum absolute atomic E-state index is 13.1. The topological polar surface area (TPSA) is 64.1 Å². The van der Waals surface area contributed by atoms with E-state index in [4.69, 9.17) is 24.5 Å². The molecular formula is C18H17ClFN3OS. The number of anilines is 1. The second-order valence-corrected chi connectivity index (χ2v) is 6.61. The minimum absolute atomic E-state index is 0.147. The first kappa shape index (κ1) is 15.2. The number of halogens is 2. The molecule has 1 atom stereocenters. The van der Waals surface area contributed by atoms with Gasteiger partial charge in [-0.2, -0.15) is 0 Å². The Morgan fingerprint density at radius 3 is 3.12 bits per heavy atom. The summed E-state index contributed by atoms with van der Waals surface area (Å²) < 4.78 is 35.3. The summed E-state index contributed by atoms with van der Waals surface area (Å²) in [6, 6.07) is 4.13. The summed E-state index contributed by atoms with van der Waals surface area (Å²) in [6.07, 6.45) is -2.26. The normalized spacial score (nSPS) is 13.8. The Labute approximate surface area is 157 Å². The van der Waals surface area contributed by atoms with Crippen LogP contribution in [0.5, 0.6) is 0 Å². The third-order valence-corrected chi connectivity index (χ3v) is 4.45. The van der Waals surface area contributed by atoms with E-state index >= 15 is 0 Å². The van der Waals surface area contributed by atoms with Crippen LogP contribution in [0.3, 0.4) is 0 Å². The quantitative estimate of drug-likeness (QED) is 0.493. The highest BCUT2D eigenvalue weighted by Gasteiger charge is 2.20. The molecule has 7 heteroatoms. The maximum Gasteiger partial charge on any atom is 0.177 e. The zero-order valence-corrected chi connectivity index (χ0v) is 15.0.